The Morgan fingerprint density at radius 2 is 2.38 bits per heavy atom. The Morgan fingerprint density at radius 3 is 3.19 bits per heavy atom. The minimum Gasteiger partial charge on any atom is -0.316 e. The van der Waals surface area contributed by atoms with Crippen LogP contribution in [0.3, 0.4) is 0 Å². The van der Waals surface area contributed by atoms with Crippen LogP contribution in [0.2, 0.25) is 0 Å². The van der Waals surface area contributed by atoms with Crippen molar-refractivity contribution in [1.29, 1.82) is 0 Å². The molecule has 5 heteroatoms. The highest BCUT2D eigenvalue weighted by Gasteiger charge is 2.18. The van der Waals surface area contributed by atoms with Gasteiger partial charge in [-0.05, 0) is 26.3 Å². The Bertz CT molecular complexity index is 498. The number of aromatic amines is 1. The van der Waals surface area contributed by atoms with Crippen LogP contribution in [0.4, 0.5) is 0 Å². The number of aryl methyl sites for hydroxylation is 1. The Hall–Kier alpha value is -1.49. The van der Waals surface area contributed by atoms with E-state index in [1.807, 2.05) is 13.1 Å². The van der Waals surface area contributed by atoms with Gasteiger partial charge in [0.15, 0.2) is 0 Å². The number of fused-ring (bicyclic) bond motifs is 1. The maximum Gasteiger partial charge on any atom is 0.133 e. The van der Waals surface area contributed by atoms with Crippen LogP contribution in [0.15, 0.2) is 6.20 Å². The molecule has 0 saturated carbocycles. The highest BCUT2D eigenvalue weighted by atomic mass is 15.1. The van der Waals surface area contributed by atoms with Gasteiger partial charge in [-0.15, -0.1) is 0 Å². The van der Waals surface area contributed by atoms with E-state index in [0.717, 1.165) is 35.6 Å². The normalized spacial score (nSPS) is 21.4. The fourth-order valence-corrected chi connectivity index (χ4v) is 2.21. The molecule has 2 aromatic rings. The molecular weight excluding hydrogens is 202 g/mol. The predicted molar refractivity (Wildman–Crippen MR) is 61.3 cm³/mol. The molecule has 1 aliphatic heterocycles. The number of nitrogens with zero attached hydrogens (tertiary/aromatic N) is 3. The van der Waals surface area contributed by atoms with Gasteiger partial charge in [-0.1, -0.05) is 0 Å². The molecule has 16 heavy (non-hydrogen) atoms. The number of hydrogen-bond acceptors (Lipinski definition) is 4. The van der Waals surface area contributed by atoms with Gasteiger partial charge in [-0.25, -0.2) is 9.97 Å². The molecule has 2 aromatic heterocycles. The van der Waals surface area contributed by atoms with Crippen LogP contribution in [0, 0.1) is 6.92 Å². The first kappa shape index (κ1) is 9.72. The number of nitrogens with one attached hydrogen (secondary N) is 2. The molecular formula is C11H15N5. The third kappa shape index (κ3) is 1.57. The first-order chi connectivity index (χ1) is 7.84. The molecule has 3 rings (SSSR count). The van der Waals surface area contributed by atoms with Crippen molar-refractivity contribution >= 4 is 11.0 Å². The van der Waals surface area contributed by atoms with Crippen molar-refractivity contribution in [2.24, 2.45) is 0 Å². The summed E-state index contributed by atoms with van der Waals surface area (Å²) < 4.78 is 0. The van der Waals surface area contributed by atoms with E-state index in [2.05, 4.69) is 25.5 Å². The summed E-state index contributed by atoms with van der Waals surface area (Å²) in [7, 11) is 0. The van der Waals surface area contributed by atoms with E-state index in [1.54, 1.807) is 0 Å². The van der Waals surface area contributed by atoms with Gasteiger partial charge in [0.05, 0.1) is 11.9 Å². The summed E-state index contributed by atoms with van der Waals surface area (Å²) >= 11 is 0. The van der Waals surface area contributed by atoms with E-state index in [1.165, 1.54) is 12.8 Å². The van der Waals surface area contributed by atoms with Crippen LogP contribution in [0.25, 0.3) is 11.0 Å². The van der Waals surface area contributed by atoms with E-state index in [9.17, 15) is 0 Å². The zero-order valence-corrected chi connectivity index (χ0v) is 9.32. The Morgan fingerprint density at radius 1 is 1.44 bits per heavy atom. The average molecular weight is 217 g/mol. The van der Waals surface area contributed by atoms with Gasteiger partial charge in [0.2, 0.25) is 0 Å². The molecule has 2 N–H and O–H groups in total. The van der Waals surface area contributed by atoms with Gasteiger partial charge in [0, 0.05) is 12.5 Å². The average Bonchev–Trinajstić information content (AvgIpc) is 2.72. The van der Waals surface area contributed by atoms with Crippen LogP contribution < -0.4 is 5.32 Å². The lowest BCUT2D eigenvalue weighted by Crippen LogP contribution is -2.29. The van der Waals surface area contributed by atoms with Crippen molar-refractivity contribution in [3.63, 3.8) is 0 Å². The summed E-state index contributed by atoms with van der Waals surface area (Å²) in [5, 5.41) is 10.5. The molecule has 3 heterocycles. The van der Waals surface area contributed by atoms with Crippen molar-refractivity contribution in [2.45, 2.75) is 25.7 Å². The smallest absolute Gasteiger partial charge is 0.133 e. The fraction of sp³-hybridized carbons (Fsp3) is 0.545. The summed E-state index contributed by atoms with van der Waals surface area (Å²) in [4.78, 5) is 9.02. The standard InChI is InChI=1S/C11H15N5/c1-7-10-9(16-15-7)6-13-11(14-10)8-3-2-4-12-5-8/h6,8,12H,2-5H2,1H3,(H,15,16). The molecule has 1 unspecified atom stereocenters. The van der Waals surface area contributed by atoms with Gasteiger partial charge in [-0.2, -0.15) is 5.10 Å². The summed E-state index contributed by atoms with van der Waals surface area (Å²) in [6, 6.07) is 0. The Balaban J connectivity index is 1.99. The summed E-state index contributed by atoms with van der Waals surface area (Å²) in [6.45, 7) is 4.09. The highest BCUT2D eigenvalue weighted by molar-refractivity contribution is 5.75. The van der Waals surface area contributed by atoms with Crippen molar-refractivity contribution in [3.8, 4) is 0 Å². The zero-order valence-electron chi connectivity index (χ0n) is 9.32. The molecule has 0 bridgehead atoms. The molecule has 5 nitrogen and oxygen atoms in total. The van der Waals surface area contributed by atoms with Crippen LogP contribution >= 0.6 is 0 Å². The maximum absolute atomic E-state index is 4.61. The molecule has 1 fully saturated rings. The quantitative estimate of drug-likeness (QED) is 0.751. The number of piperidine rings is 1. The second-order valence-electron chi connectivity index (χ2n) is 4.35. The molecule has 0 radical (unpaired) electrons. The first-order valence-electron chi connectivity index (χ1n) is 5.73. The van der Waals surface area contributed by atoms with Crippen LogP contribution in [0.1, 0.15) is 30.3 Å². The fourth-order valence-electron chi connectivity index (χ4n) is 2.21. The third-order valence-corrected chi connectivity index (χ3v) is 3.15. The minimum absolute atomic E-state index is 0.451. The van der Waals surface area contributed by atoms with E-state index >= 15 is 0 Å². The van der Waals surface area contributed by atoms with E-state index in [-0.39, 0.29) is 0 Å². The largest absolute Gasteiger partial charge is 0.316 e. The lowest BCUT2D eigenvalue weighted by Gasteiger charge is -2.21. The molecule has 0 amide bonds. The van der Waals surface area contributed by atoms with Crippen LogP contribution in [-0.4, -0.2) is 33.3 Å². The van der Waals surface area contributed by atoms with E-state index in [0.29, 0.717) is 5.92 Å². The lowest BCUT2D eigenvalue weighted by atomic mass is 9.99. The topological polar surface area (TPSA) is 66.5 Å². The van der Waals surface area contributed by atoms with Crippen molar-refractivity contribution in [2.75, 3.05) is 13.1 Å². The maximum atomic E-state index is 4.61. The van der Waals surface area contributed by atoms with E-state index < -0.39 is 0 Å². The van der Waals surface area contributed by atoms with Gasteiger partial charge >= 0.3 is 0 Å². The van der Waals surface area contributed by atoms with Gasteiger partial charge in [0.1, 0.15) is 16.9 Å². The monoisotopic (exact) mass is 217 g/mol. The first-order valence-corrected chi connectivity index (χ1v) is 5.73. The molecule has 84 valence electrons. The van der Waals surface area contributed by atoms with Crippen LogP contribution in [0.5, 0.6) is 0 Å². The van der Waals surface area contributed by atoms with Gasteiger partial charge in [0.25, 0.3) is 0 Å². The molecule has 1 saturated heterocycles. The van der Waals surface area contributed by atoms with Crippen LogP contribution in [-0.2, 0) is 0 Å². The molecule has 0 spiro atoms. The lowest BCUT2D eigenvalue weighted by molar-refractivity contribution is 0.447. The summed E-state index contributed by atoms with van der Waals surface area (Å²) in [5.41, 5.74) is 2.82. The van der Waals surface area contributed by atoms with Crippen molar-refractivity contribution in [3.05, 3.63) is 17.7 Å². The number of aromatic nitrogens is 4. The zero-order chi connectivity index (χ0) is 11.0. The Labute approximate surface area is 93.7 Å². The van der Waals surface area contributed by atoms with Crippen molar-refractivity contribution < 1.29 is 0 Å². The molecule has 1 aliphatic rings. The number of hydrogen-bond donors (Lipinski definition) is 2. The summed E-state index contributed by atoms with van der Waals surface area (Å²) in [5.74, 6) is 1.40. The molecule has 1 atom stereocenters. The third-order valence-electron chi connectivity index (χ3n) is 3.15. The SMILES string of the molecule is Cc1[nH]nc2cnc(C3CCCNC3)nc12. The highest BCUT2D eigenvalue weighted by Crippen LogP contribution is 2.21. The summed E-state index contributed by atoms with van der Waals surface area (Å²) in [6.07, 6.45) is 4.20. The minimum atomic E-state index is 0.451. The number of H-pyrrole nitrogens is 1. The number of rotatable bonds is 1. The Kier molecular flexibility index (Phi) is 2.32. The predicted octanol–water partition coefficient (Wildman–Crippen LogP) is 1.13. The van der Waals surface area contributed by atoms with Gasteiger partial charge < -0.3 is 5.32 Å². The second-order valence-corrected chi connectivity index (χ2v) is 4.35. The van der Waals surface area contributed by atoms with Crippen molar-refractivity contribution in [1.82, 2.24) is 25.5 Å². The second kappa shape index (κ2) is 3.83. The molecule has 0 aliphatic carbocycles. The van der Waals surface area contributed by atoms with E-state index in [4.69, 9.17) is 0 Å². The van der Waals surface area contributed by atoms with Gasteiger partial charge in [-0.3, -0.25) is 5.10 Å². The molecule has 0 aromatic carbocycles.